The van der Waals surface area contributed by atoms with E-state index in [1.54, 1.807) is 0 Å². The second-order valence-electron chi connectivity index (χ2n) is 6.14. The Balaban J connectivity index is 1.68. The predicted octanol–water partition coefficient (Wildman–Crippen LogP) is 2.89. The van der Waals surface area contributed by atoms with E-state index in [9.17, 15) is 0 Å². The van der Waals surface area contributed by atoms with E-state index in [0.29, 0.717) is 6.04 Å². The molecule has 0 spiro atoms. The molecule has 17 heavy (non-hydrogen) atoms. The van der Waals surface area contributed by atoms with Gasteiger partial charge in [-0.2, -0.15) is 0 Å². The zero-order valence-corrected chi connectivity index (χ0v) is 11.8. The molecule has 2 unspecified atom stereocenters. The van der Waals surface area contributed by atoms with E-state index in [4.69, 9.17) is 0 Å². The third-order valence-corrected chi connectivity index (χ3v) is 4.90. The Morgan fingerprint density at radius 1 is 1.18 bits per heavy atom. The molecule has 0 aromatic carbocycles. The highest BCUT2D eigenvalue weighted by atomic mass is 15.1. The van der Waals surface area contributed by atoms with E-state index >= 15 is 0 Å². The van der Waals surface area contributed by atoms with Crippen LogP contribution >= 0.6 is 0 Å². The molecule has 0 amide bonds. The van der Waals surface area contributed by atoms with Crippen molar-refractivity contribution in [1.29, 1.82) is 0 Å². The minimum Gasteiger partial charge on any atom is -0.314 e. The zero-order chi connectivity index (χ0) is 12.1. The fourth-order valence-electron chi connectivity index (χ4n) is 3.52. The number of likely N-dealkylation sites (tertiary alicyclic amines) is 1. The molecular formula is C15H30N2. The predicted molar refractivity (Wildman–Crippen MR) is 74.3 cm³/mol. The van der Waals surface area contributed by atoms with Gasteiger partial charge in [0.15, 0.2) is 0 Å². The lowest BCUT2D eigenvalue weighted by Gasteiger charge is -2.35. The van der Waals surface area contributed by atoms with E-state index in [1.165, 1.54) is 64.7 Å². The van der Waals surface area contributed by atoms with Crippen LogP contribution in [0.3, 0.4) is 0 Å². The van der Waals surface area contributed by atoms with Crippen molar-refractivity contribution >= 4 is 0 Å². The lowest BCUT2D eigenvalue weighted by atomic mass is 9.91. The molecule has 1 saturated carbocycles. The SMILES string of the molecule is CCN1CCCC(C(C)NCC2CCCC2)C1. The number of hydrogen-bond donors (Lipinski definition) is 1. The maximum Gasteiger partial charge on any atom is 0.00793 e. The van der Waals surface area contributed by atoms with Gasteiger partial charge in [-0.1, -0.05) is 19.8 Å². The first-order chi connectivity index (χ1) is 8.29. The molecule has 1 aliphatic heterocycles. The summed E-state index contributed by atoms with van der Waals surface area (Å²) in [5.74, 6) is 1.86. The summed E-state index contributed by atoms with van der Waals surface area (Å²) >= 11 is 0. The second-order valence-corrected chi connectivity index (χ2v) is 6.14. The number of hydrogen-bond acceptors (Lipinski definition) is 2. The quantitative estimate of drug-likeness (QED) is 0.792. The van der Waals surface area contributed by atoms with Gasteiger partial charge in [0.05, 0.1) is 0 Å². The van der Waals surface area contributed by atoms with Crippen molar-refractivity contribution in [2.24, 2.45) is 11.8 Å². The van der Waals surface area contributed by atoms with Crippen molar-refractivity contribution in [3.63, 3.8) is 0 Å². The molecule has 2 rings (SSSR count). The van der Waals surface area contributed by atoms with Crippen molar-refractivity contribution in [3.05, 3.63) is 0 Å². The van der Waals surface area contributed by atoms with Gasteiger partial charge in [-0.3, -0.25) is 0 Å². The molecule has 1 heterocycles. The smallest absolute Gasteiger partial charge is 0.00793 e. The molecule has 1 aliphatic carbocycles. The molecular weight excluding hydrogens is 208 g/mol. The van der Waals surface area contributed by atoms with Crippen LogP contribution in [-0.2, 0) is 0 Å². The summed E-state index contributed by atoms with van der Waals surface area (Å²) in [6, 6.07) is 0.713. The Kier molecular flexibility index (Phi) is 5.30. The van der Waals surface area contributed by atoms with Crippen LogP contribution in [-0.4, -0.2) is 37.1 Å². The van der Waals surface area contributed by atoms with E-state index in [2.05, 4.69) is 24.1 Å². The molecule has 2 nitrogen and oxygen atoms in total. The highest BCUT2D eigenvalue weighted by Gasteiger charge is 2.24. The second kappa shape index (κ2) is 6.75. The normalized spacial score (nSPS) is 29.6. The third-order valence-electron chi connectivity index (χ3n) is 4.90. The van der Waals surface area contributed by atoms with E-state index in [0.717, 1.165) is 11.8 Å². The summed E-state index contributed by atoms with van der Waals surface area (Å²) in [6.07, 6.45) is 8.68. The molecule has 0 bridgehead atoms. The van der Waals surface area contributed by atoms with Gasteiger partial charge in [-0.05, 0) is 64.1 Å². The van der Waals surface area contributed by atoms with Gasteiger partial charge in [-0.15, -0.1) is 0 Å². The highest BCUT2D eigenvalue weighted by Crippen LogP contribution is 2.25. The molecule has 1 saturated heterocycles. The van der Waals surface area contributed by atoms with Gasteiger partial charge < -0.3 is 10.2 Å². The standard InChI is InChI=1S/C15H30N2/c1-3-17-10-6-9-15(12-17)13(2)16-11-14-7-4-5-8-14/h13-16H,3-12H2,1-2H3. The number of nitrogens with one attached hydrogen (secondary N) is 1. The maximum atomic E-state index is 3.81. The Morgan fingerprint density at radius 2 is 1.94 bits per heavy atom. The summed E-state index contributed by atoms with van der Waals surface area (Å²) in [4.78, 5) is 2.61. The Hall–Kier alpha value is -0.0800. The molecule has 2 fully saturated rings. The van der Waals surface area contributed by atoms with Crippen LogP contribution in [0.4, 0.5) is 0 Å². The first-order valence-electron chi connectivity index (χ1n) is 7.75. The highest BCUT2D eigenvalue weighted by molar-refractivity contribution is 4.81. The fraction of sp³-hybridized carbons (Fsp3) is 1.00. The van der Waals surface area contributed by atoms with Gasteiger partial charge in [0.2, 0.25) is 0 Å². The van der Waals surface area contributed by atoms with Gasteiger partial charge in [0.1, 0.15) is 0 Å². The third kappa shape index (κ3) is 3.96. The number of rotatable bonds is 5. The molecule has 2 atom stereocenters. The molecule has 0 aromatic rings. The largest absolute Gasteiger partial charge is 0.314 e. The number of piperidine rings is 1. The van der Waals surface area contributed by atoms with Crippen molar-refractivity contribution in [3.8, 4) is 0 Å². The lowest BCUT2D eigenvalue weighted by molar-refractivity contribution is 0.155. The van der Waals surface area contributed by atoms with Crippen molar-refractivity contribution in [2.75, 3.05) is 26.2 Å². The van der Waals surface area contributed by atoms with Gasteiger partial charge in [0.25, 0.3) is 0 Å². The first-order valence-corrected chi connectivity index (χ1v) is 7.75. The van der Waals surface area contributed by atoms with Crippen LogP contribution in [0.1, 0.15) is 52.4 Å². The molecule has 1 N–H and O–H groups in total. The van der Waals surface area contributed by atoms with Crippen LogP contribution in [0.5, 0.6) is 0 Å². The minimum atomic E-state index is 0.713. The molecule has 0 aromatic heterocycles. The first kappa shape index (κ1) is 13.4. The van der Waals surface area contributed by atoms with Crippen molar-refractivity contribution in [1.82, 2.24) is 10.2 Å². The maximum absolute atomic E-state index is 3.81. The number of nitrogens with zero attached hydrogens (tertiary/aromatic N) is 1. The minimum absolute atomic E-state index is 0.713. The van der Waals surface area contributed by atoms with Crippen LogP contribution in [0.25, 0.3) is 0 Å². The molecule has 2 heteroatoms. The lowest BCUT2D eigenvalue weighted by Crippen LogP contribution is -2.45. The van der Waals surface area contributed by atoms with E-state index < -0.39 is 0 Å². The van der Waals surface area contributed by atoms with Crippen LogP contribution < -0.4 is 5.32 Å². The summed E-state index contributed by atoms with van der Waals surface area (Å²) in [5.41, 5.74) is 0. The summed E-state index contributed by atoms with van der Waals surface area (Å²) in [6.45, 7) is 9.82. The monoisotopic (exact) mass is 238 g/mol. The van der Waals surface area contributed by atoms with Crippen LogP contribution in [0.15, 0.2) is 0 Å². The van der Waals surface area contributed by atoms with Gasteiger partial charge in [-0.25, -0.2) is 0 Å². The Bertz CT molecular complexity index is 211. The molecule has 100 valence electrons. The average Bonchev–Trinajstić information content (AvgIpc) is 2.89. The molecule has 2 aliphatic rings. The van der Waals surface area contributed by atoms with Crippen LogP contribution in [0.2, 0.25) is 0 Å². The average molecular weight is 238 g/mol. The summed E-state index contributed by atoms with van der Waals surface area (Å²) in [7, 11) is 0. The summed E-state index contributed by atoms with van der Waals surface area (Å²) < 4.78 is 0. The molecule has 0 radical (unpaired) electrons. The Morgan fingerprint density at radius 3 is 2.65 bits per heavy atom. The zero-order valence-electron chi connectivity index (χ0n) is 11.8. The summed E-state index contributed by atoms with van der Waals surface area (Å²) in [5, 5.41) is 3.81. The Labute approximate surface area is 107 Å². The van der Waals surface area contributed by atoms with Crippen molar-refractivity contribution in [2.45, 2.75) is 58.4 Å². The van der Waals surface area contributed by atoms with E-state index in [1.807, 2.05) is 0 Å². The topological polar surface area (TPSA) is 15.3 Å². The van der Waals surface area contributed by atoms with Crippen molar-refractivity contribution < 1.29 is 0 Å². The van der Waals surface area contributed by atoms with E-state index in [-0.39, 0.29) is 0 Å². The van der Waals surface area contributed by atoms with Gasteiger partial charge in [0, 0.05) is 12.6 Å². The fourth-order valence-corrected chi connectivity index (χ4v) is 3.52. The van der Waals surface area contributed by atoms with Crippen LogP contribution in [0, 0.1) is 11.8 Å². The van der Waals surface area contributed by atoms with Gasteiger partial charge >= 0.3 is 0 Å².